The fraction of sp³-hybridized carbons (Fsp3) is 0.750. The van der Waals surface area contributed by atoms with E-state index >= 15 is 0 Å². The van der Waals surface area contributed by atoms with Crippen molar-refractivity contribution < 1.29 is 32.0 Å². The molecular weight excluding hydrogens is 382 g/mol. The maximum atomic E-state index is 12.2. The van der Waals surface area contributed by atoms with Gasteiger partial charge in [0.1, 0.15) is 0 Å². The second-order valence-electron chi connectivity index (χ2n) is 6.82. The van der Waals surface area contributed by atoms with Crippen LogP contribution < -0.4 is 17.0 Å². The minimum atomic E-state index is -0.266. The van der Waals surface area contributed by atoms with Crippen LogP contribution in [0.25, 0.3) is 0 Å². The Morgan fingerprint density at radius 1 is 1.04 bits per heavy atom. The van der Waals surface area contributed by atoms with Crippen molar-refractivity contribution in [3.05, 3.63) is 23.6 Å². The van der Waals surface area contributed by atoms with Gasteiger partial charge in [-0.2, -0.15) is 0 Å². The fourth-order valence-corrected chi connectivity index (χ4v) is 3.23. The molecule has 1 aliphatic heterocycles. The Balaban J connectivity index is 0.00000576. The van der Waals surface area contributed by atoms with Crippen LogP contribution in [0.2, 0.25) is 0 Å². The Morgan fingerprint density at radius 2 is 1.56 bits per heavy atom. The van der Waals surface area contributed by atoms with E-state index in [-0.39, 0.29) is 41.0 Å². The quantitative estimate of drug-likeness (QED) is 0.287. The summed E-state index contributed by atoms with van der Waals surface area (Å²) in [5.74, 6) is -0.115. The number of ketones is 1. The zero-order valence-corrected chi connectivity index (χ0v) is 17.4. The van der Waals surface area contributed by atoms with Gasteiger partial charge in [-0.3, -0.25) is 4.79 Å². The van der Waals surface area contributed by atoms with Gasteiger partial charge in [-0.05, 0) is 13.3 Å². The summed E-state index contributed by atoms with van der Waals surface area (Å²) < 4.78 is 0. The molecule has 0 fully saturated rings. The summed E-state index contributed by atoms with van der Waals surface area (Å²) in [6.07, 6.45) is 15.5. The maximum absolute atomic E-state index is 12.2. The van der Waals surface area contributed by atoms with E-state index < -0.39 is 0 Å². The standard InChI is InChI=1S/C20H35NO3.BrH/c1-3-4-5-6-7-8-9-10-11-12-13-21-14-18(15-22)19(16-23)20(24)17(21)2;/h14,16-17,22-23H,3-13,15H2,1-2H3;1H/p-1/b19-16-;. The van der Waals surface area contributed by atoms with Crippen molar-refractivity contribution in [2.45, 2.75) is 84.1 Å². The van der Waals surface area contributed by atoms with Crippen LogP contribution in [0.3, 0.4) is 0 Å². The molecule has 25 heavy (non-hydrogen) atoms. The second-order valence-corrected chi connectivity index (χ2v) is 6.82. The number of halogens is 1. The summed E-state index contributed by atoms with van der Waals surface area (Å²) in [4.78, 5) is 14.2. The number of aliphatic hydroxyl groups is 2. The Morgan fingerprint density at radius 3 is 2.04 bits per heavy atom. The van der Waals surface area contributed by atoms with E-state index in [4.69, 9.17) is 0 Å². The van der Waals surface area contributed by atoms with Crippen molar-refractivity contribution in [1.82, 2.24) is 4.90 Å². The van der Waals surface area contributed by atoms with Gasteiger partial charge in [-0.1, -0.05) is 64.7 Å². The number of nitrogens with zero attached hydrogens (tertiary/aromatic N) is 1. The molecule has 1 heterocycles. The van der Waals surface area contributed by atoms with E-state index in [0.717, 1.165) is 19.2 Å². The van der Waals surface area contributed by atoms with E-state index in [9.17, 15) is 15.0 Å². The van der Waals surface area contributed by atoms with Crippen LogP contribution >= 0.6 is 0 Å². The van der Waals surface area contributed by atoms with Gasteiger partial charge in [0.25, 0.3) is 0 Å². The van der Waals surface area contributed by atoms with E-state index in [1.54, 1.807) is 0 Å². The monoisotopic (exact) mass is 416 g/mol. The number of hydrogen-bond acceptors (Lipinski definition) is 4. The third-order valence-electron chi connectivity index (χ3n) is 4.88. The molecule has 1 atom stereocenters. The third kappa shape index (κ3) is 8.41. The molecule has 0 aromatic heterocycles. The Labute approximate surface area is 163 Å². The number of carbonyl (C=O) groups excluding carboxylic acids is 1. The molecule has 0 amide bonds. The number of Topliss-reactive ketones (excluding diaryl/α,β-unsaturated/α-hetero) is 1. The highest BCUT2D eigenvalue weighted by Crippen LogP contribution is 2.23. The maximum Gasteiger partial charge on any atom is 0.188 e. The van der Waals surface area contributed by atoms with Crippen LogP contribution in [0.15, 0.2) is 23.6 Å². The highest BCUT2D eigenvalue weighted by Gasteiger charge is 2.29. The molecule has 0 radical (unpaired) electrons. The van der Waals surface area contributed by atoms with Crippen molar-refractivity contribution >= 4 is 5.78 Å². The lowest BCUT2D eigenvalue weighted by Crippen LogP contribution is -3.00. The summed E-state index contributed by atoms with van der Waals surface area (Å²) >= 11 is 0. The third-order valence-corrected chi connectivity index (χ3v) is 4.88. The Hall–Kier alpha value is -0.810. The van der Waals surface area contributed by atoms with Gasteiger partial charge in [-0.25, -0.2) is 0 Å². The average Bonchev–Trinajstić information content (AvgIpc) is 2.59. The average molecular weight is 417 g/mol. The smallest absolute Gasteiger partial charge is 0.188 e. The first-order chi connectivity index (χ1) is 11.7. The van der Waals surface area contributed by atoms with Gasteiger partial charge in [-0.15, -0.1) is 0 Å². The zero-order valence-electron chi connectivity index (χ0n) is 15.8. The summed E-state index contributed by atoms with van der Waals surface area (Å²) in [6, 6.07) is -0.266. The molecule has 1 rings (SSSR count). The van der Waals surface area contributed by atoms with Gasteiger partial charge < -0.3 is 32.1 Å². The van der Waals surface area contributed by atoms with Crippen LogP contribution in [0, 0.1) is 0 Å². The largest absolute Gasteiger partial charge is 1.00 e. The molecule has 1 aliphatic rings. The van der Waals surface area contributed by atoms with Crippen LogP contribution in [0.5, 0.6) is 0 Å². The molecule has 4 nitrogen and oxygen atoms in total. The lowest BCUT2D eigenvalue weighted by molar-refractivity contribution is -0.119. The summed E-state index contributed by atoms with van der Waals surface area (Å²) in [7, 11) is 0. The molecule has 0 aliphatic carbocycles. The van der Waals surface area contributed by atoms with Crippen molar-refractivity contribution in [3.8, 4) is 0 Å². The van der Waals surface area contributed by atoms with Crippen LogP contribution in [-0.4, -0.2) is 40.1 Å². The number of aliphatic hydroxyl groups excluding tert-OH is 2. The van der Waals surface area contributed by atoms with Crippen LogP contribution in [0.4, 0.5) is 0 Å². The molecule has 0 bridgehead atoms. The fourth-order valence-electron chi connectivity index (χ4n) is 3.23. The lowest BCUT2D eigenvalue weighted by atomic mass is 9.94. The normalized spacial score (nSPS) is 19.1. The first-order valence-corrected chi connectivity index (χ1v) is 9.62. The summed E-state index contributed by atoms with van der Waals surface area (Å²) in [5.41, 5.74) is 0.747. The van der Waals surface area contributed by atoms with Gasteiger partial charge in [0.2, 0.25) is 0 Å². The molecular formula is C20H35BrNO3-. The summed E-state index contributed by atoms with van der Waals surface area (Å²) in [6.45, 7) is 4.70. The zero-order chi connectivity index (χ0) is 17.8. The Bertz CT molecular complexity index is 435. The number of carbonyl (C=O) groups is 1. The molecule has 0 aromatic rings. The van der Waals surface area contributed by atoms with Crippen molar-refractivity contribution in [2.24, 2.45) is 0 Å². The molecule has 2 N–H and O–H groups in total. The second kappa shape index (κ2) is 14.4. The molecule has 146 valence electrons. The van der Waals surface area contributed by atoms with Gasteiger partial charge >= 0.3 is 0 Å². The molecule has 0 aromatic carbocycles. The van der Waals surface area contributed by atoms with Crippen LogP contribution in [-0.2, 0) is 4.79 Å². The van der Waals surface area contributed by atoms with Gasteiger partial charge in [0.05, 0.1) is 24.5 Å². The van der Waals surface area contributed by atoms with Crippen molar-refractivity contribution in [1.29, 1.82) is 0 Å². The number of rotatable bonds is 12. The van der Waals surface area contributed by atoms with E-state index in [1.165, 1.54) is 57.8 Å². The SMILES string of the molecule is CCCCCCCCCCCCN1C=C(CO)/C(=C/O)C(=O)C1C.[Br-]. The minimum absolute atomic E-state index is 0. The van der Waals surface area contributed by atoms with Crippen molar-refractivity contribution in [2.75, 3.05) is 13.2 Å². The van der Waals surface area contributed by atoms with Crippen LogP contribution in [0.1, 0.15) is 78.1 Å². The van der Waals surface area contributed by atoms with E-state index in [2.05, 4.69) is 6.92 Å². The number of unbranched alkanes of at least 4 members (excludes halogenated alkanes) is 9. The predicted octanol–water partition coefficient (Wildman–Crippen LogP) is 1.50. The molecule has 0 spiro atoms. The molecule has 0 saturated heterocycles. The Kier molecular flexibility index (Phi) is 13.9. The van der Waals surface area contributed by atoms with E-state index in [0.29, 0.717) is 5.57 Å². The molecule has 1 unspecified atom stereocenters. The highest BCUT2D eigenvalue weighted by molar-refractivity contribution is 6.03. The first kappa shape index (κ1) is 24.2. The van der Waals surface area contributed by atoms with Gasteiger partial charge in [0.15, 0.2) is 5.78 Å². The molecule has 5 heteroatoms. The lowest BCUT2D eigenvalue weighted by Gasteiger charge is -2.32. The first-order valence-electron chi connectivity index (χ1n) is 9.62. The minimum Gasteiger partial charge on any atom is -1.00 e. The van der Waals surface area contributed by atoms with Crippen molar-refractivity contribution in [3.63, 3.8) is 0 Å². The van der Waals surface area contributed by atoms with Gasteiger partial charge in [0, 0.05) is 18.3 Å². The highest BCUT2D eigenvalue weighted by atomic mass is 79.9. The molecule has 0 saturated carbocycles. The summed E-state index contributed by atoms with van der Waals surface area (Å²) in [5, 5.41) is 18.5. The van der Waals surface area contributed by atoms with E-state index in [1.807, 2.05) is 18.0 Å². The predicted molar refractivity (Wildman–Crippen MR) is 98.9 cm³/mol. The topological polar surface area (TPSA) is 60.8 Å². The number of hydrogen-bond donors (Lipinski definition) is 2.